The second kappa shape index (κ2) is 7.73. The molecule has 4 nitrogen and oxygen atoms in total. The number of rotatable bonds is 3. The van der Waals surface area contributed by atoms with Gasteiger partial charge in [0.25, 0.3) is 0 Å². The number of hydrogen-bond acceptors (Lipinski definition) is 4. The van der Waals surface area contributed by atoms with Gasteiger partial charge in [-0.3, -0.25) is 4.79 Å². The molecule has 0 spiro atoms. The van der Waals surface area contributed by atoms with Crippen molar-refractivity contribution in [2.45, 2.75) is 24.9 Å². The summed E-state index contributed by atoms with van der Waals surface area (Å²) in [6.07, 6.45) is 3.73. The van der Waals surface area contributed by atoms with Crippen molar-refractivity contribution < 1.29 is 9.18 Å². The van der Waals surface area contributed by atoms with E-state index in [2.05, 4.69) is 12.1 Å². The molecule has 0 saturated carbocycles. The van der Waals surface area contributed by atoms with Gasteiger partial charge in [0.1, 0.15) is 11.9 Å². The second-order valence-electron chi connectivity index (χ2n) is 8.59. The molecule has 2 aliphatic rings. The predicted molar refractivity (Wildman–Crippen MR) is 122 cm³/mol. The normalized spacial score (nSPS) is 22.1. The first kappa shape index (κ1) is 20.7. The molecule has 1 saturated heterocycles. The van der Waals surface area contributed by atoms with Crippen LogP contribution in [0, 0.1) is 40.8 Å². The third-order valence-electron chi connectivity index (χ3n) is 6.78. The molecule has 0 aliphatic carbocycles. The number of nitriles is 2. The molecule has 5 heteroatoms. The van der Waals surface area contributed by atoms with Crippen molar-refractivity contribution in [3.63, 3.8) is 0 Å². The van der Waals surface area contributed by atoms with Crippen molar-refractivity contribution in [3.8, 4) is 12.1 Å². The molecule has 0 bridgehead atoms. The largest absolute Gasteiger partial charge is 0.357 e. The minimum absolute atomic E-state index is 0.175. The van der Waals surface area contributed by atoms with Crippen LogP contribution in [0.25, 0.3) is 6.08 Å². The molecular weight excluding hydrogens is 413 g/mol. The fourth-order valence-electron chi connectivity index (χ4n) is 5.23. The Hall–Kier alpha value is -4.22. The van der Waals surface area contributed by atoms with E-state index in [-0.39, 0.29) is 5.78 Å². The summed E-state index contributed by atoms with van der Waals surface area (Å²) in [6.45, 7) is 1.95. The van der Waals surface area contributed by atoms with E-state index in [1.807, 2.05) is 60.5 Å². The third-order valence-corrected chi connectivity index (χ3v) is 6.78. The molecule has 5 rings (SSSR count). The molecular formula is C28H20FN3O. The summed E-state index contributed by atoms with van der Waals surface area (Å²) < 4.78 is 13.8. The number of Topliss-reactive ketones (excluding diaryl/α,β-unsaturated/α-hetero) is 1. The molecule has 0 N–H and O–H groups in total. The van der Waals surface area contributed by atoms with Crippen LogP contribution in [0.5, 0.6) is 0 Å². The molecule has 33 heavy (non-hydrogen) atoms. The zero-order chi connectivity index (χ0) is 23.2. The Bertz CT molecular complexity index is 1330. The summed E-state index contributed by atoms with van der Waals surface area (Å²) in [5, 5.41) is 20.9. The Balaban J connectivity index is 1.76. The first-order valence-electron chi connectivity index (χ1n) is 10.7. The number of nitrogens with zero attached hydrogens (tertiary/aromatic N) is 3. The van der Waals surface area contributed by atoms with Crippen LogP contribution in [-0.2, 0) is 0 Å². The van der Waals surface area contributed by atoms with Crippen molar-refractivity contribution in [1.29, 1.82) is 10.5 Å². The van der Waals surface area contributed by atoms with Gasteiger partial charge in [-0.1, -0.05) is 66.2 Å². The molecule has 3 aromatic carbocycles. The maximum Gasteiger partial charge on any atom is 0.185 e. The van der Waals surface area contributed by atoms with Crippen LogP contribution >= 0.6 is 0 Å². The lowest BCUT2D eigenvalue weighted by atomic mass is 9.67. The first-order chi connectivity index (χ1) is 16.0. The number of halogens is 1. The third kappa shape index (κ3) is 3.05. The smallest absolute Gasteiger partial charge is 0.185 e. The van der Waals surface area contributed by atoms with Gasteiger partial charge in [0.2, 0.25) is 0 Å². The van der Waals surface area contributed by atoms with Crippen LogP contribution in [0.15, 0.2) is 79.0 Å². The molecule has 0 radical (unpaired) electrons. The van der Waals surface area contributed by atoms with Crippen LogP contribution in [0.2, 0.25) is 0 Å². The Labute approximate surface area is 191 Å². The molecule has 0 amide bonds. The summed E-state index contributed by atoms with van der Waals surface area (Å²) in [7, 11) is 0. The first-order valence-corrected chi connectivity index (χ1v) is 10.7. The zero-order valence-corrected chi connectivity index (χ0v) is 17.9. The van der Waals surface area contributed by atoms with E-state index in [9.17, 15) is 19.7 Å². The highest BCUT2D eigenvalue weighted by atomic mass is 19.1. The molecule has 0 aromatic heterocycles. The average Bonchev–Trinajstić information content (AvgIpc) is 3.15. The minimum Gasteiger partial charge on any atom is -0.357 e. The van der Waals surface area contributed by atoms with Gasteiger partial charge in [-0.05, 0) is 41.8 Å². The van der Waals surface area contributed by atoms with E-state index in [0.717, 1.165) is 16.7 Å². The summed E-state index contributed by atoms with van der Waals surface area (Å²) in [4.78, 5) is 15.8. The number of benzene rings is 3. The number of carbonyl (C=O) groups excluding carboxylic acids is 1. The minimum atomic E-state index is -1.55. The van der Waals surface area contributed by atoms with E-state index >= 15 is 0 Å². The molecule has 2 heterocycles. The van der Waals surface area contributed by atoms with Gasteiger partial charge in [-0.15, -0.1) is 0 Å². The monoisotopic (exact) mass is 433 g/mol. The van der Waals surface area contributed by atoms with E-state index in [1.165, 1.54) is 12.1 Å². The highest BCUT2D eigenvalue weighted by Crippen LogP contribution is 2.60. The molecule has 1 fully saturated rings. The number of fused-ring (bicyclic) bond motifs is 3. The number of ketones is 1. The van der Waals surface area contributed by atoms with Gasteiger partial charge in [0.05, 0.1) is 18.2 Å². The van der Waals surface area contributed by atoms with Crippen molar-refractivity contribution in [3.05, 3.63) is 113 Å². The van der Waals surface area contributed by atoms with E-state index in [0.29, 0.717) is 11.1 Å². The van der Waals surface area contributed by atoms with Crippen molar-refractivity contribution in [2.75, 3.05) is 0 Å². The summed E-state index contributed by atoms with van der Waals surface area (Å²) in [6, 6.07) is 23.8. The average molecular weight is 433 g/mol. The Morgan fingerprint density at radius 1 is 0.970 bits per heavy atom. The van der Waals surface area contributed by atoms with Crippen molar-refractivity contribution >= 4 is 11.9 Å². The van der Waals surface area contributed by atoms with Gasteiger partial charge >= 0.3 is 0 Å². The number of carbonyl (C=O) groups is 1. The van der Waals surface area contributed by atoms with Crippen LogP contribution in [0.1, 0.15) is 44.6 Å². The summed E-state index contributed by atoms with van der Waals surface area (Å²) in [5.41, 5.74) is 2.31. The fourth-order valence-corrected chi connectivity index (χ4v) is 5.23. The summed E-state index contributed by atoms with van der Waals surface area (Å²) in [5.74, 6) is -1.37. The number of hydrogen-bond donors (Lipinski definition) is 0. The van der Waals surface area contributed by atoms with Gasteiger partial charge in [0.15, 0.2) is 11.2 Å². The van der Waals surface area contributed by atoms with Crippen molar-refractivity contribution in [1.82, 2.24) is 4.90 Å². The van der Waals surface area contributed by atoms with E-state index < -0.39 is 29.2 Å². The maximum atomic E-state index is 13.9. The van der Waals surface area contributed by atoms with Gasteiger partial charge in [-0.25, -0.2) is 4.39 Å². The number of aryl methyl sites for hydroxylation is 1. The molecule has 3 atom stereocenters. The topological polar surface area (TPSA) is 67.9 Å². The fraction of sp³-hybridized carbons (Fsp3) is 0.179. The predicted octanol–water partition coefficient (Wildman–Crippen LogP) is 5.54. The Morgan fingerprint density at radius 3 is 2.30 bits per heavy atom. The standard InChI is InChI=1S/C28H20FN3O/c1-18-6-8-21(9-7-18)26(33)25-24(20-10-12-22(29)13-11-20)28(16-30,17-31)27-23-5-3-2-4-19(23)14-15-32(25)27/h2-15,24-25,27H,1H3/t24-,25+,27-/m1/s1. The molecule has 0 unspecified atom stereocenters. The van der Waals surface area contributed by atoms with Crippen LogP contribution in [0.4, 0.5) is 4.39 Å². The highest BCUT2D eigenvalue weighted by Gasteiger charge is 2.63. The van der Waals surface area contributed by atoms with Gasteiger partial charge in [0, 0.05) is 17.7 Å². The van der Waals surface area contributed by atoms with Crippen LogP contribution < -0.4 is 0 Å². The van der Waals surface area contributed by atoms with Gasteiger partial charge < -0.3 is 4.90 Å². The second-order valence-corrected chi connectivity index (χ2v) is 8.59. The lowest BCUT2D eigenvalue weighted by Gasteiger charge is -2.34. The molecule has 2 aliphatic heterocycles. The van der Waals surface area contributed by atoms with E-state index in [1.54, 1.807) is 24.3 Å². The molecule has 160 valence electrons. The van der Waals surface area contributed by atoms with Crippen LogP contribution in [-0.4, -0.2) is 16.7 Å². The van der Waals surface area contributed by atoms with Gasteiger partial charge in [-0.2, -0.15) is 10.5 Å². The molecule has 3 aromatic rings. The lowest BCUT2D eigenvalue weighted by molar-refractivity contribution is 0.0874. The lowest BCUT2D eigenvalue weighted by Crippen LogP contribution is -2.37. The highest BCUT2D eigenvalue weighted by molar-refractivity contribution is 6.01. The van der Waals surface area contributed by atoms with Crippen molar-refractivity contribution in [2.24, 2.45) is 5.41 Å². The Kier molecular flexibility index (Phi) is 4.84. The van der Waals surface area contributed by atoms with Crippen LogP contribution in [0.3, 0.4) is 0 Å². The zero-order valence-electron chi connectivity index (χ0n) is 17.9. The van der Waals surface area contributed by atoms with E-state index in [4.69, 9.17) is 0 Å². The Morgan fingerprint density at radius 2 is 1.64 bits per heavy atom. The summed E-state index contributed by atoms with van der Waals surface area (Å²) >= 11 is 0. The maximum absolute atomic E-state index is 13.9. The SMILES string of the molecule is Cc1ccc(C(=O)[C@@H]2[C@@H](c3ccc(F)cc3)C(C#N)(C#N)[C@H]3c4ccccc4C=CN23)cc1. The quantitative estimate of drug-likeness (QED) is 0.508.